The zero-order chi connectivity index (χ0) is 12.9. The van der Waals surface area contributed by atoms with Crippen molar-refractivity contribution in [3.05, 3.63) is 29.8 Å². The molecule has 1 aromatic carbocycles. The molecule has 0 aromatic heterocycles. The maximum absolute atomic E-state index is 11.9. The van der Waals surface area contributed by atoms with Crippen molar-refractivity contribution in [2.45, 2.75) is 17.1 Å². The van der Waals surface area contributed by atoms with E-state index in [1.807, 2.05) is 19.2 Å². The number of hydrogen-bond acceptors (Lipinski definition) is 4. The van der Waals surface area contributed by atoms with Crippen LogP contribution in [0, 0.1) is 11.3 Å². The van der Waals surface area contributed by atoms with Crippen molar-refractivity contribution >= 4 is 21.8 Å². The molecule has 1 atom stereocenters. The number of hydrogen-bond donors (Lipinski definition) is 1. The molecule has 4 nitrogen and oxygen atoms in total. The van der Waals surface area contributed by atoms with Crippen molar-refractivity contribution in [1.29, 1.82) is 5.26 Å². The molecule has 1 N–H and O–H groups in total. The van der Waals surface area contributed by atoms with Gasteiger partial charge in [0, 0.05) is 11.8 Å². The molecule has 0 aliphatic heterocycles. The molecular weight excluding hydrogens is 256 g/mol. The number of nitrogens with one attached hydrogen (secondary N) is 1. The highest BCUT2D eigenvalue weighted by Gasteiger charge is 2.15. The third-order valence-electron chi connectivity index (χ3n) is 2.24. The summed E-state index contributed by atoms with van der Waals surface area (Å²) in [5.41, 5.74) is 0.339. The van der Waals surface area contributed by atoms with Gasteiger partial charge in [0.15, 0.2) is 0 Å². The normalized spacial score (nSPS) is 13.0. The van der Waals surface area contributed by atoms with Crippen LogP contribution in [0.5, 0.6) is 0 Å². The molecule has 92 valence electrons. The van der Waals surface area contributed by atoms with Gasteiger partial charge in [-0.3, -0.25) is 0 Å². The summed E-state index contributed by atoms with van der Waals surface area (Å²) in [6.45, 7) is 2.32. The molecule has 0 fully saturated rings. The minimum absolute atomic E-state index is 0.129. The van der Waals surface area contributed by atoms with E-state index in [1.54, 1.807) is 23.9 Å². The van der Waals surface area contributed by atoms with E-state index in [9.17, 15) is 8.42 Å². The summed E-state index contributed by atoms with van der Waals surface area (Å²) in [7, 11) is -3.51. The summed E-state index contributed by atoms with van der Waals surface area (Å²) in [5, 5.41) is 8.93. The molecular formula is C11H14N2O2S2. The van der Waals surface area contributed by atoms with Crippen LogP contribution in [0.15, 0.2) is 29.2 Å². The van der Waals surface area contributed by atoms with Gasteiger partial charge in [0.05, 0.1) is 16.5 Å². The molecule has 0 saturated heterocycles. The summed E-state index contributed by atoms with van der Waals surface area (Å²) in [6, 6.07) is 7.90. The van der Waals surface area contributed by atoms with Crippen molar-refractivity contribution in [1.82, 2.24) is 4.72 Å². The van der Waals surface area contributed by atoms with E-state index in [-0.39, 0.29) is 10.1 Å². The smallest absolute Gasteiger partial charge is 0.210 e. The number of sulfonamides is 1. The fourth-order valence-corrected chi connectivity index (χ4v) is 2.66. The van der Waals surface area contributed by atoms with Gasteiger partial charge in [-0.15, -0.1) is 0 Å². The first-order chi connectivity index (χ1) is 7.99. The first kappa shape index (κ1) is 14.0. The SMILES string of the molecule is CSC(C)CNS(=O)(=O)c1cccc(C#N)c1. The number of rotatable bonds is 5. The monoisotopic (exact) mass is 270 g/mol. The van der Waals surface area contributed by atoms with Crippen LogP contribution in [-0.4, -0.2) is 26.5 Å². The molecule has 0 saturated carbocycles. The van der Waals surface area contributed by atoms with Crippen LogP contribution >= 0.6 is 11.8 Å². The first-order valence-corrected chi connectivity index (χ1v) is 7.79. The van der Waals surface area contributed by atoms with Crippen molar-refractivity contribution in [3.8, 4) is 6.07 Å². The van der Waals surface area contributed by atoms with Crippen LogP contribution in [0.1, 0.15) is 12.5 Å². The van der Waals surface area contributed by atoms with Gasteiger partial charge in [0.1, 0.15) is 0 Å². The molecule has 6 heteroatoms. The summed E-state index contributed by atoms with van der Waals surface area (Å²) < 4.78 is 26.3. The number of nitriles is 1. The molecule has 1 rings (SSSR count). The minimum Gasteiger partial charge on any atom is -0.210 e. The van der Waals surface area contributed by atoms with Crippen LogP contribution in [-0.2, 0) is 10.0 Å². The second kappa shape index (κ2) is 6.05. The van der Waals surface area contributed by atoms with E-state index in [4.69, 9.17) is 5.26 Å². The summed E-state index contributed by atoms with van der Waals surface area (Å²) in [5.74, 6) is 0. The van der Waals surface area contributed by atoms with Gasteiger partial charge in [-0.1, -0.05) is 13.0 Å². The summed E-state index contributed by atoms with van der Waals surface area (Å²) in [4.78, 5) is 0.129. The van der Waals surface area contributed by atoms with E-state index >= 15 is 0 Å². The molecule has 0 amide bonds. The van der Waals surface area contributed by atoms with Gasteiger partial charge in [-0.2, -0.15) is 17.0 Å². The van der Waals surface area contributed by atoms with E-state index in [2.05, 4.69) is 4.72 Å². The average molecular weight is 270 g/mol. The minimum atomic E-state index is -3.51. The zero-order valence-corrected chi connectivity index (χ0v) is 11.3. The third-order valence-corrected chi connectivity index (χ3v) is 4.63. The molecule has 0 heterocycles. The van der Waals surface area contributed by atoms with Gasteiger partial charge in [-0.25, -0.2) is 13.1 Å². The quantitative estimate of drug-likeness (QED) is 0.882. The highest BCUT2D eigenvalue weighted by molar-refractivity contribution is 7.99. The summed E-state index contributed by atoms with van der Waals surface area (Å²) in [6.07, 6.45) is 1.93. The van der Waals surface area contributed by atoms with Gasteiger partial charge in [0.25, 0.3) is 0 Å². The molecule has 0 bridgehead atoms. The maximum Gasteiger partial charge on any atom is 0.240 e. The Morgan fingerprint density at radius 3 is 2.82 bits per heavy atom. The molecule has 1 unspecified atom stereocenters. The largest absolute Gasteiger partial charge is 0.240 e. The molecule has 0 radical (unpaired) electrons. The first-order valence-electron chi connectivity index (χ1n) is 5.02. The Balaban J connectivity index is 2.86. The lowest BCUT2D eigenvalue weighted by Crippen LogP contribution is -2.29. The van der Waals surface area contributed by atoms with E-state index < -0.39 is 10.0 Å². The third kappa shape index (κ3) is 4.04. The Labute approximate surface area is 106 Å². The van der Waals surface area contributed by atoms with E-state index in [0.717, 1.165) is 0 Å². The van der Waals surface area contributed by atoms with E-state index in [0.29, 0.717) is 12.1 Å². The fraction of sp³-hybridized carbons (Fsp3) is 0.364. The lowest BCUT2D eigenvalue weighted by atomic mass is 10.2. The van der Waals surface area contributed by atoms with Crippen LogP contribution in [0.4, 0.5) is 0 Å². The van der Waals surface area contributed by atoms with E-state index in [1.165, 1.54) is 12.1 Å². The second-order valence-electron chi connectivity index (χ2n) is 3.54. The lowest BCUT2D eigenvalue weighted by Gasteiger charge is -2.10. The predicted molar refractivity (Wildman–Crippen MR) is 69.3 cm³/mol. The highest BCUT2D eigenvalue weighted by Crippen LogP contribution is 2.11. The molecule has 17 heavy (non-hydrogen) atoms. The van der Waals surface area contributed by atoms with Gasteiger partial charge in [-0.05, 0) is 24.5 Å². The van der Waals surface area contributed by atoms with Crippen molar-refractivity contribution < 1.29 is 8.42 Å². The maximum atomic E-state index is 11.9. The topological polar surface area (TPSA) is 70.0 Å². The predicted octanol–water partition coefficient (Wildman–Crippen LogP) is 1.59. The standard InChI is InChI=1S/C11H14N2O2S2/c1-9(16-2)8-13-17(14,15)11-5-3-4-10(6-11)7-12/h3-6,9,13H,8H2,1-2H3. The van der Waals surface area contributed by atoms with Crippen LogP contribution in [0.25, 0.3) is 0 Å². The Morgan fingerprint density at radius 1 is 1.53 bits per heavy atom. The molecule has 0 aliphatic carbocycles. The average Bonchev–Trinajstić information content (AvgIpc) is 2.36. The Kier molecular flexibility index (Phi) is 5.00. The van der Waals surface area contributed by atoms with Crippen LogP contribution < -0.4 is 4.72 Å². The molecule has 0 spiro atoms. The van der Waals surface area contributed by atoms with Gasteiger partial charge >= 0.3 is 0 Å². The van der Waals surface area contributed by atoms with Crippen molar-refractivity contribution in [2.24, 2.45) is 0 Å². The second-order valence-corrected chi connectivity index (χ2v) is 6.58. The number of benzene rings is 1. The van der Waals surface area contributed by atoms with Crippen molar-refractivity contribution in [3.63, 3.8) is 0 Å². The highest BCUT2D eigenvalue weighted by atomic mass is 32.2. The summed E-state index contributed by atoms with van der Waals surface area (Å²) >= 11 is 1.59. The lowest BCUT2D eigenvalue weighted by molar-refractivity contribution is 0.581. The van der Waals surface area contributed by atoms with Crippen LogP contribution in [0.2, 0.25) is 0 Å². The van der Waals surface area contributed by atoms with Gasteiger partial charge < -0.3 is 0 Å². The zero-order valence-electron chi connectivity index (χ0n) is 9.67. The van der Waals surface area contributed by atoms with Crippen molar-refractivity contribution in [2.75, 3.05) is 12.8 Å². The van der Waals surface area contributed by atoms with Gasteiger partial charge in [0.2, 0.25) is 10.0 Å². The molecule has 0 aliphatic rings. The molecule has 1 aromatic rings. The Bertz CT molecular complexity index is 521. The number of thioether (sulfide) groups is 1. The van der Waals surface area contributed by atoms with Crippen LogP contribution in [0.3, 0.4) is 0 Å². The Hall–Kier alpha value is -1.03. The fourth-order valence-electron chi connectivity index (χ4n) is 1.13. The Morgan fingerprint density at radius 2 is 2.24 bits per heavy atom. The number of nitrogens with zero attached hydrogens (tertiary/aromatic N) is 1.